The molecule has 0 bridgehead atoms. The highest BCUT2D eigenvalue weighted by atomic mass is 32.2. The van der Waals surface area contributed by atoms with Gasteiger partial charge in [-0.3, -0.25) is 0 Å². The number of aryl methyl sites for hydroxylation is 1. The van der Waals surface area contributed by atoms with Crippen LogP contribution in [0.2, 0.25) is 0 Å². The number of thiol groups is 2. The number of piperidine rings is 1. The van der Waals surface area contributed by atoms with Crippen LogP contribution in [-0.2, 0) is 0 Å². The first-order valence-corrected chi connectivity index (χ1v) is 13.8. The summed E-state index contributed by atoms with van der Waals surface area (Å²) in [6.07, 6.45) is 2.88. The smallest absolute Gasteiger partial charge is 0.241 e. The summed E-state index contributed by atoms with van der Waals surface area (Å²) in [6.45, 7) is 11.2. The van der Waals surface area contributed by atoms with Crippen LogP contribution in [0.25, 0.3) is 16.6 Å². The lowest BCUT2D eigenvalue weighted by molar-refractivity contribution is 0.152. The molecule has 200 valence electrons. The molecule has 7 nitrogen and oxygen atoms in total. The fraction of sp³-hybridized carbons (Fsp3) is 0.481. The number of anilines is 1. The van der Waals surface area contributed by atoms with E-state index >= 15 is 4.39 Å². The van der Waals surface area contributed by atoms with Crippen molar-refractivity contribution in [1.82, 2.24) is 19.5 Å². The van der Waals surface area contributed by atoms with Crippen LogP contribution >= 0.6 is 25.3 Å². The minimum absolute atomic E-state index is 0.302. The fourth-order valence-electron chi connectivity index (χ4n) is 5.07. The molecule has 3 aromatic rings. The van der Waals surface area contributed by atoms with E-state index in [2.05, 4.69) is 53.4 Å². The molecule has 38 heavy (non-hydrogen) atoms. The van der Waals surface area contributed by atoms with E-state index in [-0.39, 0.29) is 5.92 Å². The second-order valence-electron chi connectivity index (χ2n) is 9.81. The number of azo groups is 1. The van der Waals surface area contributed by atoms with Gasteiger partial charge in [-0.2, -0.15) is 35.5 Å². The first-order chi connectivity index (χ1) is 18.1. The Labute approximate surface area is 236 Å². The number of halogens is 1. The maximum Gasteiger partial charge on any atom is 0.241 e. The number of alkyl halides is 1. The molecule has 0 spiro atoms. The van der Waals surface area contributed by atoms with Gasteiger partial charge in [0.15, 0.2) is 0 Å². The Morgan fingerprint density at radius 2 is 2.11 bits per heavy atom. The molecule has 2 radical (unpaired) electrons. The van der Waals surface area contributed by atoms with Crippen molar-refractivity contribution in [1.29, 1.82) is 0 Å². The summed E-state index contributed by atoms with van der Waals surface area (Å²) in [6, 6.07) is 7.61. The van der Waals surface area contributed by atoms with Crippen molar-refractivity contribution in [2.24, 2.45) is 10.2 Å². The van der Waals surface area contributed by atoms with Crippen molar-refractivity contribution in [2.75, 3.05) is 25.5 Å². The lowest BCUT2D eigenvalue weighted by Crippen LogP contribution is -2.47. The topological polar surface area (TPSA) is 70.2 Å². The van der Waals surface area contributed by atoms with Gasteiger partial charge in [-0.25, -0.2) is 13.9 Å². The monoisotopic (exact) mass is 551 g/mol. The first-order valence-electron chi connectivity index (χ1n) is 12.9. The number of nitrogens with zero attached hydrogens (tertiary/aromatic N) is 6. The molecule has 0 amide bonds. The van der Waals surface area contributed by atoms with Crippen LogP contribution in [0, 0.1) is 6.92 Å². The van der Waals surface area contributed by atoms with Crippen molar-refractivity contribution in [2.45, 2.75) is 62.1 Å². The molecule has 1 aliphatic heterocycles. The summed E-state index contributed by atoms with van der Waals surface area (Å²) in [5.74, 6) is 0.0448. The lowest BCUT2D eigenvalue weighted by atomic mass is 9.84. The molecule has 1 aliphatic rings. The normalized spacial score (nSPS) is 19.3. The maximum atomic E-state index is 15.2. The number of nitrogens with one attached hydrogen (secondary N) is 1. The van der Waals surface area contributed by atoms with E-state index in [1.165, 1.54) is 0 Å². The van der Waals surface area contributed by atoms with Gasteiger partial charge in [0.05, 0.1) is 29.5 Å². The fourth-order valence-corrected chi connectivity index (χ4v) is 5.68. The molecule has 11 heteroatoms. The summed E-state index contributed by atoms with van der Waals surface area (Å²) in [5, 5.41) is 16.1. The Kier molecular flexibility index (Phi) is 8.77. The third-order valence-corrected chi connectivity index (χ3v) is 7.84. The highest BCUT2D eigenvalue weighted by Crippen LogP contribution is 2.41. The Morgan fingerprint density at radius 1 is 1.34 bits per heavy atom. The molecular weight excluding hydrogens is 516 g/mol. The Hall–Kier alpha value is -2.53. The zero-order valence-corrected chi connectivity index (χ0v) is 24.2. The number of allylic oxidation sites excluding steroid dienone is 1. The van der Waals surface area contributed by atoms with E-state index in [0.29, 0.717) is 31.0 Å². The molecule has 1 saturated heterocycles. The van der Waals surface area contributed by atoms with E-state index < -0.39 is 16.2 Å². The van der Waals surface area contributed by atoms with E-state index in [1.54, 1.807) is 11.6 Å². The van der Waals surface area contributed by atoms with E-state index in [0.717, 1.165) is 46.6 Å². The third-order valence-electron chi connectivity index (χ3n) is 7.22. The van der Waals surface area contributed by atoms with Crippen LogP contribution in [0.15, 0.2) is 53.0 Å². The van der Waals surface area contributed by atoms with Gasteiger partial charge < -0.3 is 10.2 Å². The number of likely N-dealkylation sites (tertiary alicyclic amines) is 1. The average Bonchev–Trinajstić information content (AvgIpc) is 3.30. The SMILES string of the molecule is [B]C(S)(S)C(CC)c1nc(NC2CCN(C(=C)CC)CC2F)nn2ccc(-c3ccc(N=NC)c(C)c3)c12. The quantitative estimate of drug-likeness (QED) is 0.126. The number of benzene rings is 1. The minimum atomic E-state index is -1.13. The van der Waals surface area contributed by atoms with Gasteiger partial charge in [0.2, 0.25) is 5.95 Å². The summed E-state index contributed by atoms with van der Waals surface area (Å²) in [5.41, 5.74) is 6.25. The van der Waals surface area contributed by atoms with Crippen molar-refractivity contribution in [3.8, 4) is 11.1 Å². The molecule has 1 N–H and O–H groups in total. The summed E-state index contributed by atoms with van der Waals surface area (Å²) in [4.78, 5) is 6.93. The first kappa shape index (κ1) is 28.5. The molecule has 1 fully saturated rings. The number of hydrogen-bond donors (Lipinski definition) is 3. The van der Waals surface area contributed by atoms with Crippen LogP contribution in [0.4, 0.5) is 16.0 Å². The van der Waals surface area contributed by atoms with Crippen LogP contribution in [0.1, 0.15) is 50.3 Å². The molecule has 3 unspecified atom stereocenters. The lowest BCUT2D eigenvalue weighted by Gasteiger charge is -2.37. The molecule has 1 aromatic carbocycles. The second-order valence-corrected chi connectivity index (χ2v) is 11.6. The molecule has 3 heterocycles. The van der Waals surface area contributed by atoms with Gasteiger partial charge in [0.1, 0.15) is 14.0 Å². The molecule has 3 atom stereocenters. The third kappa shape index (κ3) is 5.88. The summed E-state index contributed by atoms with van der Waals surface area (Å²) < 4.78 is 15.9. The number of fused-ring (bicyclic) bond motifs is 1. The Morgan fingerprint density at radius 3 is 2.71 bits per heavy atom. The largest absolute Gasteiger partial charge is 0.372 e. The minimum Gasteiger partial charge on any atom is -0.372 e. The van der Waals surface area contributed by atoms with Crippen LogP contribution in [-0.4, -0.2) is 63.7 Å². The van der Waals surface area contributed by atoms with Gasteiger partial charge in [0, 0.05) is 40.9 Å². The van der Waals surface area contributed by atoms with Crippen molar-refractivity contribution < 1.29 is 4.39 Å². The highest BCUT2D eigenvalue weighted by molar-refractivity contribution is 8.02. The molecular formula is C27H35BFN7S2. The van der Waals surface area contributed by atoms with Gasteiger partial charge in [-0.1, -0.05) is 26.5 Å². The van der Waals surface area contributed by atoms with E-state index in [4.69, 9.17) is 17.9 Å². The summed E-state index contributed by atoms with van der Waals surface area (Å²) in [7, 11) is 8.05. The molecule has 4 rings (SSSR count). The predicted molar refractivity (Wildman–Crippen MR) is 161 cm³/mol. The summed E-state index contributed by atoms with van der Waals surface area (Å²) >= 11 is 9.19. The Balaban J connectivity index is 1.76. The average molecular weight is 552 g/mol. The molecule has 0 aliphatic carbocycles. The standard InChI is InChI=1S/C27H35BFN7S2/c1-6-17(4)35-12-11-23(21(29)15-35)31-26-32-24(20(7-2)27(28,37)38)25-19(10-13-36(25)34-26)18-8-9-22(33-30-5)16(3)14-18/h8-10,13-14,20-21,23,37-38H,4,6-7,11-12,15H2,1-3,5H3,(H,31,34). The van der Waals surface area contributed by atoms with Gasteiger partial charge in [-0.15, -0.1) is 5.10 Å². The number of aromatic nitrogens is 3. The second kappa shape index (κ2) is 11.7. The van der Waals surface area contributed by atoms with Crippen LogP contribution in [0.3, 0.4) is 0 Å². The van der Waals surface area contributed by atoms with E-state index in [9.17, 15) is 0 Å². The van der Waals surface area contributed by atoms with Crippen molar-refractivity contribution >= 4 is 50.3 Å². The van der Waals surface area contributed by atoms with Crippen molar-refractivity contribution in [3.63, 3.8) is 0 Å². The number of rotatable bonds is 9. The van der Waals surface area contributed by atoms with Gasteiger partial charge in [-0.05, 0) is 55.5 Å². The van der Waals surface area contributed by atoms with E-state index in [1.807, 2.05) is 50.1 Å². The predicted octanol–water partition coefficient (Wildman–Crippen LogP) is 6.34. The van der Waals surface area contributed by atoms with Crippen LogP contribution < -0.4 is 5.32 Å². The maximum absolute atomic E-state index is 15.2. The van der Waals surface area contributed by atoms with Crippen LogP contribution in [0.5, 0.6) is 0 Å². The zero-order valence-electron chi connectivity index (χ0n) is 22.4. The molecule has 2 aromatic heterocycles. The Bertz CT molecular complexity index is 1340. The number of hydrogen-bond acceptors (Lipinski definition) is 8. The molecule has 0 saturated carbocycles. The van der Waals surface area contributed by atoms with Crippen molar-refractivity contribution in [3.05, 3.63) is 54.0 Å². The zero-order chi connectivity index (χ0) is 27.6. The van der Waals surface area contributed by atoms with Gasteiger partial charge >= 0.3 is 0 Å². The van der Waals surface area contributed by atoms with Gasteiger partial charge in [0.25, 0.3) is 0 Å². The highest BCUT2D eigenvalue weighted by Gasteiger charge is 2.33.